The summed E-state index contributed by atoms with van der Waals surface area (Å²) >= 11 is 3.75. The molecule has 0 unspecified atom stereocenters. The van der Waals surface area contributed by atoms with E-state index in [0.717, 1.165) is 39.1 Å². The highest BCUT2D eigenvalue weighted by molar-refractivity contribution is 7.98. The van der Waals surface area contributed by atoms with Crippen molar-refractivity contribution in [2.24, 2.45) is 0 Å². The minimum Gasteiger partial charge on any atom is -0.379 e. The van der Waals surface area contributed by atoms with Crippen molar-refractivity contribution in [1.82, 2.24) is 9.91 Å². The first-order valence-corrected chi connectivity index (χ1v) is 11.0. The zero-order chi connectivity index (χ0) is 17.4. The van der Waals surface area contributed by atoms with E-state index in [4.69, 9.17) is 0 Å². The molecule has 0 spiro atoms. The molecule has 0 amide bonds. The molecule has 2 aromatic rings. The summed E-state index contributed by atoms with van der Waals surface area (Å²) in [6, 6.07) is 9.21. The molecule has 0 aliphatic carbocycles. The topological polar surface area (TPSA) is 21.8 Å². The molecule has 3 heterocycles. The van der Waals surface area contributed by atoms with Crippen LogP contribution in [-0.2, 0) is 13.0 Å². The Hall–Kier alpha value is -1.21. The van der Waals surface area contributed by atoms with Gasteiger partial charge in [0.1, 0.15) is 5.00 Å². The predicted octanol–water partition coefficient (Wildman–Crippen LogP) is 4.26. The number of hydrazine groups is 1. The third kappa shape index (κ3) is 3.28. The lowest BCUT2D eigenvalue weighted by Crippen LogP contribution is -2.51. The van der Waals surface area contributed by atoms with Crippen molar-refractivity contribution in [1.29, 1.82) is 0 Å². The van der Waals surface area contributed by atoms with Gasteiger partial charge in [0.15, 0.2) is 0 Å². The summed E-state index contributed by atoms with van der Waals surface area (Å²) < 4.78 is 0. The summed E-state index contributed by atoms with van der Waals surface area (Å²) in [6.45, 7) is 7.52. The van der Waals surface area contributed by atoms with E-state index in [0.29, 0.717) is 0 Å². The summed E-state index contributed by atoms with van der Waals surface area (Å²) in [5.74, 6) is 0. The zero-order valence-electron chi connectivity index (χ0n) is 15.2. The normalized spacial score (nSPS) is 18.4. The number of hydrogen-bond donors (Lipinski definition) is 1. The first-order valence-electron chi connectivity index (χ1n) is 8.96. The van der Waals surface area contributed by atoms with Gasteiger partial charge in [0.2, 0.25) is 0 Å². The van der Waals surface area contributed by atoms with E-state index >= 15 is 0 Å². The molecule has 0 atom stereocenters. The highest BCUT2D eigenvalue weighted by Gasteiger charge is 2.29. The van der Waals surface area contributed by atoms with E-state index in [1.807, 2.05) is 11.3 Å². The molecule has 1 N–H and O–H groups in total. The fourth-order valence-electron chi connectivity index (χ4n) is 3.50. The summed E-state index contributed by atoms with van der Waals surface area (Å²) in [6.07, 6.45) is 3.24. The standard InChI is InChI=1S/C19H26N4S2/c1-4-15-11-14-13-20-17-12-16(24-3)5-6-18(17)23(19(14)25-15)22-9-7-21(2)8-10-22/h5-6,11-12,20H,4,7-10,13H2,1-3H3. The Labute approximate surface area is 158 Å². The molecule has 6 heteroatoms. The van der Waals surface area contributed by atoms with Crippen LogP contribution < -0.4 is 10.3 Å². The number of nitrogens with zero attached hydrogens (tertiary/aromatic N) is 3. The van der Waals surface area contributed by atoms with Crippen LogP contribution in [0.3, 0.4) is 0 Å². The Morgan fingerprint density at radius 2 is 1.96 bits per heavy atom. The van der Waals surface area contributed by atoms with E-state index in [1.54, 1.807) is 11.8 Å². The Bertz CT molecular complexity index is 750. The molecule has 1 aromatic heterocycles. The predicted molar refractivity (Wildman–Crippen MR) is 110 cm³/mol. The minimum absolute atomic E-state index is 0.904. The van der Waals surface area contributed by atoms with Crippen LogP contribution in [0.25, 0.3) is 0 Å². The first-order chi connectivity index (χ1) is 12.2. The van der Waals surface area contributed by atoms with Gasteiger partial charge in [-0.25, -0.2) is 5.01 Å². The van der Waals surface area contributed by atoms with Crippen molar-refractivity contribution in [3.63, 3.8) is 0 Å². The van der Waals surface area contributed by atoms with Crippen LogP contribution in [0.2, 0.25) is 0 Å². The van der Waals surface area contributed by atoms with Gasteiger partial charge >= 0.3 is 0 Å². The number of thiophene rings is 1. The maximum atomic E-state index is 3.69. The average Bonchev–Trinajstić information content (AvgIpc) is 2.99. The van der Waals surface area contributed by atoms with Gasteiger partial charge < -0.3 is 10.2 Å². The van der Waals surface area contributed by atoms with Gasteiger partial charge in [-0.1, -0.05) is 6.92 Å². The molecule has 1 aromatic carbocycles. The molecule has 1 saturated heterocycles. The van der Waals surface area contributed by atoms with Gasteiger partial charge in [0.25, 0.3) is 0 Å². The lowest BCUT2D eigenvalue weighted by atomic mass is 10.2. The van der Waals surface area contributed by atoms with Gasteiger partial charge in [-0.05, 0) is 44.0 Å². The number of likely N-dealkylation sites (N-methyl/N-ethyl adjacent to an activating group) is 1. The number of benzene rings is 1. The number of fused-ring (bicyclic) bond motifs is 2. The molecule has 4 rings (SSSR count). The van der Waals surface area contributed by atoms with Gasteiger partial charge in [-0.15, -0.1) is 23.1 Å². The van der Waals surface area contributed by atoms with E-state index in [-0.39, 0.29) is 0 Å². The second kappa shape index (κ2) is 7.19. The fraction of sp³-hybridized carbons (Fsp3) is 0.474. The number of hydrogen-bond acceptors (Lipinski definition) is 6. The minimum atomic E-state index is 0.904. The van der Waals surface area contributed by atoms with Crippen LogP contribution in [-0.4, -0.2) is 49.4 Å². The number of rotatable bonds is 3. The Kier molecular flexibility index (Phi) is 4.95. The van der Waals surface area contributed by atoms with Crippen molar-refractivity contribution < 1.29 is 0 Å². The van der Waals surface area contributed by atoms with Crippen LogP contribution >= 0.6 is 23.1 Å². The third-order valence-corrected chi connectivity index (χ3v) is 7.06. The lowest BCUT2D eigenvalue weighted by Gasteiger charge is -2.41. The van der Waals surface area contributed by atoms with Crippen LogP contribution in [0.5, 0.6) is 0 Å². The van der Waals surface area contributed by atoms with Crippen molar-refractivity contribution in [3.05, 3.63) is 34.7 Å². The maximum absolute atomic E-state index is 3.69. The molecule has 1 fully saturated rings. The number of thioether (sulfide) groups is 1. The van der Waals surface area contributed by atoms with Gasteiger partial charge in [-0.2, -0.15) is 0 Å². The second-order valence-corrected chi connectivity index (χ2v) is 8.70. The quantitative estimate of drug-likeness (QED) is 0.808. The molecule has 2 aliphatic rings. The molecule has 0 radical (unpaired) electrons. The van der Waals surface area contributed by atoms with Gasteiger partial charge in [0, 0.05) is 48.1 Å². The molecule has 25 heavy (non-hydrogen) atoms. The zero-order valence-corrected chi connectivity index (χ0v) is 16.8. The number of nitrogens with one attached hydrogen (secondary N) is 1. The van der Waals surface area contributed by atoms with Crippen LogP contribution in [0.4, 0.5) is 16.4 Å². The average molecular weight is 375 g/mol. The largest absolute Gasteiger partial charge is 0.379 e. The second-order valence-electron chi connectivity index (χ2n) is 6.70. The lowest BCUT2D eigenvalue weighted by molar-refractivity contribution is 0.155. The monoisotopic (exact) mass is 374 g/mol. The summed E-state index contributed by atoms with van der Waals surface area (Å²) in [7, 11) is 2.21. The van der Waals surface area contributed by atoms with Crippen molar-refractivity contribution in [2.75, 3.05) is 49.8 Å². The van der Waals surface area contributed by atoms with Gasteiger partial charge in [0.05, 0.1) is 11.4 Å². The highest BCUT2D eigenvalue weighted by Crippen LogP contribution is 2.44. The van der Waals surface area contributed by atoms with Crippen molar-refractivity contribution in [3.8, 4) is 0 Å². The summed E-state index contributed by atoms with van der Waals surface area (Å²) in [5, 5.41) is 10.1. The summed E-state index contributed by atoms with van der Waals surface area (Å²) in [5.41, 5.74) is 3.94. The van der Waals surface area contributed by atoms with Crippen molar-refractivity contribution in [2.45, 2.75) is 24.8 Å². The third-order valence-electron chi connectivity index (χ3n) is 5.04. The van der Waals surface area contributed by atoms with Crippen LogP contribution in [0, 0.1) is 0 Å². The SMILES string of the molecule is CCc1cc2c(s1)N(N1CCN(C)CC1)c1ccc(SC)cc1NC2. The van der Waals surface area contributed by atoms with E-state index in [9.17, 15) is 0 Å². The maximum Gasteiger partial charge on any atom is 0.116 e. The molecule has 0 bridgehead atoms. The Morgan fingerprint density at radius 3 is 2.68 bits per heavy atom. The fourth-order valence-corrected chi connectivity index (χ4v) is 5.10. The molecular formula is C19H26N4S2. The summed E-state index contributed by atoms with van der Waals surface area (Å²) in [4.78, 5) is 5.19. The number of piperazine rings is 1. The highest BCUT2D eigenvalue weighted by atomic mass is 32.2. The molecular weight excluding hydrogens is 348 g/mol. The number of anilines is 3. The first kappa shape index (κ1) is 17.2. The molecule has 2 aliphatic heterocycles. The Balaban J connectivity index is 1.79. The number of aryl methyl sites for hydroxylation is 1. The van der Waals surface area contributed by atoms with Gasteiger partial charge in [-0.3, -0.25) is 5.01 Å². The van der Waals surface area contributed by atoms with Crippen LogP contribution in [0.1, 0.15) is 17.4 Å². The van der Waals surface area contributed by atoms with E-state index in [1.165, 1.54) is 31.7 Å². The molecule has 134 valence electrons. The smallest absolute Gasteiger partial charge is 0.116 e. The molecule has 4 nitrogen and oxygen atoms in total. The van der Waals surface area contributed by atoms with E-state index < -0.39 is 0 Å². The van der Waals surface area contributed by atoms with Crippen LogP contribution in [0.15, 0.2) is 29.2 Å². The van der Waals surface area contributed by atoms with Crippen molar-refractivity contribution >= 4 is 39.5 Å². The Morgan fingerprint density at radius 1 is 1.16 bits per heavy atom. The van der Waals surface area contributed by atoms with E-state index in [2.05, 4.69) is 64.7 Å². The molecule has 0 saturated carbocycles.